The molecule has 2 unspecified atom stereocenters. The van der Waals surface area contributed by atoms with Gasteiger partial charge in [-0.1, -0.05) is 6.92 Å². The molecule has 0 bridgehead atoms. The van der Waals surface area contributed by atoms with E-state index in [-0.39, 0.29) is 11.7 Å². The van der Waals surface area contributed by atoms with Gasteiger partial charge in [0.05, 0.1) is 11.7 Å². The SMILES string of the molecule is CC1c2c(cc3c(cnn3C3CCCCO3)c2B(O)O)CC1(F)F. The highest BCUT2D eigenvalue weighted by molar-refractivity contribution is 6.62. The molecule has 8 heteroatoms. The first-order chi connectivity index (χ1) is 11.4. The summed E-state index contributed by atoms with van der Waals surface area (Å²) in [5.41, 5.74) is 1.56. The fourth-order valence-corrected chi connectivity index (χ4v) is 3.98. The van der Waals surface area contributed by atoms with Gasteiger partial charge in [-0.15, -0.1) is 0 Å². The van der Waals surface area contributed by atoms with Crippen molar-refractivity contribution >= 4 is 23.5 Å². The zero-order chi connectivity index (χ0) is 17.1. The van der Waals surface area contributed by atoms with Crippen molar-refractivity contribution < 1.29 is 23.6 Å². The minimum absolute atomic E-state index is 0.147. The predicted octanol–water partition coefficient (Wildman–Crippen LogP) is 1.71. The highest BCUT2D eigenvalue weighted by Crippen LogP contribution is 2.45. The summed E-state index contributed by atoms with van der Waals surface area (Å²) >= 11 is 0. The molecule has 4 rings (SSSR count). The first kappa shape index (κ1) is 16.0. The number of ether oxygens (including phenoxy) is 1. The minimum Gasteiger partial charge on any atom is -0.423 e. The molecule has 1 aliphatic carbocycles. The summed E-state index contributed by atoms with van der Waals surface area (Å²) in [4.78, 5) is 0. The maximum atomic E-state index is 14.2. The van der Waals surface area contributed by atoms with Gasteiger partial charge in [-0.25, -0.2) is 13.5 Å². The lowest BCUT2D eigenvalue weighted by molar-refractivity contribution is -0.0366. The molecule has 1 aromatic carbocycles. The number of halogens is 2. The third-order valence-corrected chi connectivity index (χ3v) is 5.25. The number of alkyl halides is 2. The second-order valence-corrected chi connectivity index (χ2v) is 6.74. The zero-order valence-corrected chi connectivity index (χ0v) is 13.4. The third kappa shape index (κ3) is 2.28. The molecule has 0 radical (unpaired) electrons. The molecule has 0 amide bonds. The van der Waals surface area contributed by atoms with Gasteiger partial charge in [0.2, 0.25) is 0 Å². The summed E-state index contributed by atoms with van der Waals surface area (Å²) < 4.78 is 35.8. The van der Waals surface area contributed by atoms with Gasteiger partial charge in [-0.2, -0.15) is 5.10 Å². The summed E-state index contributed by atoms with van der Waals surface area (Å²) in [5, 5.41) is 24.5. The molecule has 1 saturated heterocycles. The van der Waals surface area contributed by atoms with Gasteiger partial charge in [0.15, 0.2) is 6.23 Å². The van der Waals surface area contributed by atoms with Crippen LogP contribution in [0.4, 0.5) is 8.78 Å². The van der Waals surface area contributed by atoms with Crippen LogP contribution in [0.5, 0.6) is 0 Å². The maximum Gasteiger partial charge on any atom is 0.489 e. The standard InChI is InChI=1S/C16H19BF2N2O3/c1-9-14-10(7-16(9,18)19)6-12-11(15(14)17(22)23)8-20-21(12)13-4-2-3-5-24-13/h6,8-9,13,22-23H,2-5,7H2,1H3. The van der Waals surface area contributed by atoms with E-state index in [0.29, 0.717) is 28.6 Å². The Balaban J connectivity index is 1.92. The van der Waals surface area contributed by atoms with Gasteiger partial charge in [-0.05, 0) is 41.9 Å². The van der Waals surface area contributed by atoms with E-state index in [1.807, 2.05) is 0 Å². The summed E-state index contributed by atoms with van der Waals surface area (Å²) in [7, 11) is -1.82. The van der Waals surface area contributed by atoms with Crippen molar-refractivity contribution in [1.82, 2.24) is 9.78 Å². The molecular weight excluding hydrogens is 317 g/mol. The van der Waals surface area contributed by atoms with E-state index in [2.05, 4.69) is 5.10 Å². The van der Waals surface area contributed by atoms with E-state index in [1.165, 1.54) is 13.1 Å². The maximum absolute atomic E-state index is 14.2. The van der Waals surface area contributed by atoms with Gasteiger partial charge < -0.3 is 14.8 Å². The molecule has 0 saturated carbocycles. The average Bonchev–Trinajstić information content (AvgIpc) is 3.05. The second kappa shape index (κ2) is 5.51. The van der Waals surface area contributed by atoms with E-state index >= 15 is 0 Å². The predicted molar refractivity (Wildman–Crippen MR) is 85.5 cm³/mol. The Labute approximate surface area is 138 Å². The van der Waals surface area contributed by atoms with Crippen LogP contribution in [-0.4, -0.2) is 39.5 Å². The molecule has 2 aliphatic rings. The van der Waals surface area contributed by atoms with E-state index in [4.69, 9.17) is 4.74 Å². The highest BCUT2D eigenvalue weighted by Gasteiger charge is 2.47. The molecule has 0 spiro atoms. The Morgan fingerprint density at radius 2 is 2.17 bits per heavy atom. The molecule has 24 heavy (non-hydrogen) atoms. The van der Waals surface area contributed by atoms with E-state index in [0.717, 1.165) is 19.3 Å². The largest absolute Gasteiger partial charge is 0.489 e. The number of nitrogens with zero attached hydrogens (tertiary/aromatic N) is 2. The van der Waals surface area contributed by atoms with Crippen LogP contribution in [0, 0.1) is 0 Å². The average molecular weight is 336 g/mol. The number of hydrogen-bond acceptors (Lipinski definition) is 4. The lowest BCUT2D eigenvalue weighted by Crippen LogP contribution is -2.35. The van der Waals surface area contributed by atoms with E-state index < -0.39 is 25.4 Å². The van der Waals surface area contributed by atoms with Gasteiger partial charge in [0, 0.05) is 24.3 Å². The van der Waals surface area contributed by atoms with Crippen LogP contribution in [0.25, 0.3) is 10.9 Å². The molecule has 2 atom stereocenters. The number of hydrogen-bond donors (Lipinski definition) is 2. The summed E-state index contributed by atoms with van der Waals surface area (Å²) in [6.45, 7) is 2.07. The van der Waals surface area contributed by atoms with Crippen molar-refractivity contribution in [3.8, 4) is 0 Å². The van der Waals surface area contributed by atoms with Crippen LogP contribution in [0.15, 0.2) is 12.3 Å². The summed E-state index contributed by atoms with van der Waals surface area (Å²) in [6, 6.07) is 1.71. The molecule has 5 nitrogen and oxygen atoms in total. The van der Waals surface area contributed by atoms with E-state index in [9.17, 15) is 18.8 Å². The first-order valence-corrected chi connectivity index (χ1v) is 8.28. The van der Waals surface area contributed by atoms with Crippen molar-refractivity contribution in [2.75, 3.05) is 6.61 Å². The molecule has 2 N–H and O–H groups in total. The van der Waals surface area contributed by atoms with Crippen LogP contribution in [0.1, 0.15) is 49.5 Å². The number of benzene rings is 1. The minimum atomic E-state index is -2.88. The molecular formula is C16H19BF2N2O3. The number of fused-ring (bicyclic) bond motifs is 2. The van der Waals surface area contributed by atoms with Crippen molar-refractivity contribution in [2.45, 2.75) is 50.7 Å². The third-order valence-electron chi connectivity index (χ3n) is 5.25. The fourth-order valence-electron chi connectivity index (χ4n) is 3.98. The van der Waals surface area contributed by atoms with Gasteiger partial charge >= 0.3 is 7.12 Å². The normalized spacial score (nSPS) is 25.9. The molecule has 128 valence electrons. The van der Waals surface area contributed by atoms with Crippen LogP contribution in [0.3, 0.4) is 0 Å². The number of aromatic nitrogens is 2. The molecule has 2 heterocycles. The van der Waals surface area contributed by atoms with Crippen molar-refractivity contribution in [3.05, 3.63) is 23.4 Å². The summed E-state index contributed by atoms with van der Waals surface area (Å²) in [5.74, 6) is -3.94. The fraction of sp³-hybridized carbons (Fsp3) is 0.562. The van der Waals surface area contributed by atoms with Gasteiger partial charge in [-0.3, -0.25) is 0 Å². The smallest absolute Gasteiger partial charge is 0.423 e. The first-order valence-electron chi connectivity index (χ1n) is 8.28. The molecule has 1 aromatic heterocycles. The van der Waals surface area contributed by atoms with Crippen molar-refractivity contribution in [1.29, 1.82) is 0 Å². The Morgan fingerprint density at radius 1 is 1.38 bits per heavy atom. The monoisotopic (exact) mass is 336 g/mol. The zero-order valence-electron chi connectivity index (χ0n) is 13.4. The Hall–Kier alpha value is -1.51. The van der Waals surface area contributed by atoms with Gasteiger partial charge in [0.25, 0.3) is 5.92 Å². The summed E-state index contributed by atoms with van der Waals surface area (Å²) in [6.07, 6.45) is 3.70. The molecule has 1 fully saturated rings. The van der Waals surface area contributed by atoms with Crippen molar-refractivity contribution in [2.24, 2.45) is 0 Å². The van der Waals surface area contributed by atoms with Crippen LogP contribution < -0.4 is 5.46 Å². The lowest BCUT2D eigenvalue weighted by atomic mass is 9.72. The van der Waals surface area contributed by atoms with Crippen LogP contribution in [0.2, 0.25) is 0 Å². The quantitative estimate of drug-likeness (QED) is 0.820. The van der Waals surface area contributed by atoms with E-state index in [1.54, 1.807) is 10.7 Å². The lowest BCUT2D eigenvalue weighted by Gasteiger charge is -2.24. The van der Waals surface area contributed by atoms with Gasteiger partial charge in [0.1, 0.15) is 0 Å². The van der Waals surface area contributed by atoms with Crippen LogP contribution in [-0.2, 0) is 11.2 Å². The Morgan fingerprint density at radius 3 is 2.83 bits per heavy atom. The van der Waals surface area contributed by atoms with Crippen molar-refractivity contribution in [3.63, 3.8) is 0 Å². The second-order valence-electron chi connectivity index (χ2n) is 6.74. The Bertz CT molecular complexity index is 787. The number of rotatable bonds is 2. The molecule has 2 aromatic rings. The Kier molecular flexibility index (Phi) is 3.67. The van der Waals surface area contributed by atoms with Crippen LogP contribution >= 0.6 is 0 Å². The highest BCUT2D eigenvalue weighted by atomic mass is 19.3. The topological polar surface area (TPSA) is 67.5 Å². The molecule has 1 aliphatic heterocycles.